The number of phenols is 1. The lowest BCUT2D eigenvalue weighted by atomic mass is 10.2. The van der Waals surface area contributed by atoms with Gasteiger partial charge in [0.2, 0.25) is 10.0 Å². The van der Waals surface area contributed by atoms with Crippen molar-refractivity contribution in [3.63, 3.8) is 0 Å². The van der Waals surface area contributed by atoms with Gasteiger partial charge >= 0.3 is 0 Å². The number of sulfonamides is 1. The molecular formula is C24H24ClN3O5S. The second kappa shape index (κ2) is 11.6. The van der Waals surface area contributed by atoms with Gasteiger partial charge in [-0.1, -0.05) is 48.0 Å². The molecule has 0 heterocycles. The van der Waals surface area contributed by atoms with Crippen LogP contribution in [0.1, 0.15) is 18.1 Å². The van der Waals surface area contributed by atoms with Crippen molar-refractivity contribution >= 4 is 33.7 Å². The number of hydrogen-bond acceptors (Lipinski definition) is 6. The highest BCUT2D eigenvalue weighted by atomic mass is 35.5. The minimum atomic E-state index is -3.97. The molecule has 0 spiro atoms. The molecule has 0 unspecified atom stereocenters. The number of amides is 1. The highest BCUT2D eigenvalue weighted by Gasteiger charge is 2.26. The van der Waals surface area contributed by atoms with Crippen LogP contribution in [0, 0.1) is 0 Å². The van der Waals surface area contributed by atoms with Gasteiger partial charge in [0.05, 0.1) is 24.3 Å². The van der Waals surface area contributed by atoms with E-state index in [1.807, 2.05) is 0 Å². The number of rotatable bonds is 10. The number of para-hydroxylation sites is 1. The van der Waals surface area contributed by atoms with Crippen molar-refractivity contribution in [2.75, 3.05) is 13.2 Å². The molecule has 0 saturated carbocycles. The average molecular weight is 502 g/mol. The van der Waals surface area contributed by atoms with Gasteiger partial charge in [-0.25, -0.2) is 13.8 Å². The number of hydrogen-bond donors (Lipinski definition) is 2. The molecule has 3 aromatic rings. The Morgan fingerprint density at radius 3 is 2.47 bits per heavy atom. The Morgan fingerprint density at radius 2 is 1.79 bits per heavy atom. The topological polar surface area (TPSA) is 108 Å². The highest BCUT2D eigenvalue weighted by molar-refractivity contribution is 7.89. The van der Waals surface area contributed by atoms with Gasteiger partial charge in [-0.05, 0) is 48.9 Å². The van der Waals surface area contributed by atoms with Crippen LogP contribution in [-0.2, 0) is 21.4 Å². The summed E-state index contributed by atoms with van der Waals surface area (Å²) in [4.78, 5) is 12.6. The van der Waals surface area contributed by atoms with Crippen LogP contribution in [-0.4, -0.2) is 43.1 Å². The number of carbonyl (C=O) groups excluding carboxylic acids is 1. The van der Waals surface area contributed by atoms with Crippen LogP contribution in [0.25, 0.3) is 0 Å². The van der Waals surface area contributed by atoms with E-state index in [1.54, 1.807) is 67.6 Å². The fourth-order valence-corrected chi connectivity index (χ4v) is 4.58. The Kier molecular flexibility index (Phi) is 8.64. The molecule has 0 radical (unpaired) electrons. The highest BCUT2D eigenvalue weighted by Crippen LogP contribution is 2.28. The molecule has 3 aromatic carbocycles. The molecule has 0 atom stereocenters. The van der Waals surface area contributed by atoms with Crippen LogP contribution in [0.4, 0.5) is 0 Å². The maximum absolute atomic E-state index is 13.2. The monoisotopic (exact) mass is 501 g/mol. The molecular weight excluding hydrogens is 478 g/mol. The molecule has 0 fully saturated rings. The van der Waals surface area contributed by atoms with Crippen LogP contribution in [0.15, 0.2) is 82.8 Å². The zero-order valence-electron chi connectivity index (χ0n) is 18.4. The summed E-state index contributed by atoms with van der Waals surface area (Å²) < 4.78 is 32.8. The Hall–Kier alpha value is -3.40. The van der Waals surface area contributed by atoms with Gasteiger partial charge in [0, 0.05) is 17.1 Å². The first-order valence-corrected chi connectivity index (χ1v) is 12.2. The third-order valence-corrected chi connectivity index (χ3v) is 6.75. The van der Waals surface area contributed by atoms with Crippen molar-refractivity contribution < 1.29 is 23.1 Å². The van der Waals surface area contributed by atoms with Crippen molar-refractivity contribution in [2.45, 2.75) is 18.4 Å². The molecule has 0 aliphatic carbocycles. The molecule has 178 valence electrons. The fraction of sp³-hybridized carbons (Fsp3) is 0.167. The second-order valence-electron chi connectivity index (χ2n) is 7.13. The SMILES string of the molecule is CCOc1cccc(/C=N\NC(=O)CN(Cc2ccc(Cl)cc2)S(=O)(=O)c2ccccc2)c1O. The van der Waals surface area contributed by atoms with E-state index < -0.39 is 22.5 Å². The number of nitrogens with zero attached hydrogens (tertiary/aromatic N) is 2. The first-order chi connectivity index (χ1) is 16.3. The first kappa shape index (κ1) is 25.2. The molecule has 2 N–H and O–H groups in total. The molecule has 10 heteroatoms. The lowest BCUT2D eigenvalue weighted by Crippen LogP contribution is -2.39. The molecule has 8 nitrogen and oxygen atoms in total. The predicted octanol–water partition coefficient (Wildman–Crippen LogP) is 3.79. The summed E-state index contributed by atoms with van der Waals surface area (Å²) in [6.07, 6.45) is 1.25. The van der Waals surface area contributed by atoms with E-state index in [0.717, 1.165) is 4.31 Å². The molecule has 0 aromatic heterocycles. The van der Waals surface area contributed by atoms with Crippen molar-refractivity contribution in [1.82, 2.24) is 9.73 Å². The molecule has 0 aliphatic heterocycles. The van der Waals surface area contributed by atoms with Crippen LogP contribution in [0.2, 0.25) is 5.02 Å². The van der Waals surface area contributed by atoms with Crippen molar-refractivity contribution in [3.8, 4) is 11.5 Å². The minimum absolute atomic E-state index is 0.0390. The Bertz CT molecular complexity index is 1250. The van der Waals surface area contributed by atoms with E-state index >= 15 is 0 Å². The number of aromatic hydroxyl groups is 1. The van der Waals surface area contributed by atoms with Crippen LogP contribution >= 0.6 is 11.6 Å². The summed E-state index contributed by atoms with van der Waals surface area (Å²) in [6.45, 7) is 1.66. The zero-order chi connectivity index (χ0) is 24.6. The number of benzene rings is 3. The summed E-state index contributed by atoms with van der Waals surface area (Å²) in [6, 6.07) is 19.4. The number of carbonyl (C=O) groups is 1. The van der Waals surface area contributed by atoms with Crippen LogP contribution in [0.5, 0.6) is 11.5 Å². The summed E-state index contributed by atoms with van der Waals surface area (Å²) >= 11 is 5.93. The van der Waals surface area contributed by atoms with Gasteiger partial charge in [-0.2, -0.15) is 9.41 Å². The zero-order valence-corrected chi connectivity index (χ0v) is 20.0. The van der Waals surface area contributed by atoms with E-state index in [2.05, 4.69) is 10.5 Å². The number of phenolic OH excluding ortho intramolecular Hbond substituents is 1. The minimum Gasteiger partial charge on any atom is -0.504 e. The maximum Gasteiger partial charge on any atom is 0.255 e. The van der Waals surface area contributed by atoms with E-state index in [4.69, 9.17) is 16.3 Å². The third kappa shape index (κ3) is 6.57. The van der Waals surface area contributed by atoms with Crippen molar-refractivity contribution in [3.05, 3.63) is 88.9 Å². The number of halogens is 1. The molecule has 1 amide bonds. The fourth-order valence-electron chi connectivity index (χ4n) is 3.05. The Morgan fingerprint density at radius 1 is 1.09 bits per heavy atom. The van der Waals surface area contributed by atoms with Gasteiger partial charge < -0.3 is 9.84 Å². The predicted molar refractivity (Wildman–Crippen MR) is 131 cm³/mol. The smallest absolute Gasteiger partial charge is 0.255 e. The summed E-state index contributed by atoms with van der Waals surface area (Å²) in [5.74, 6) is -0.468. The van der Waals surface area contributed by atoms with E-state index in [0.29, 0.717) is 28.5 Å². The van der Waals surface area contributed by atoms with Crippen LogP contribution < -0.4 is 10.2 Å². The summed E-state index contributed by atoms with van der Waals surface area (Å²) in [7, 11) is -3.97. The van der Waals surface area contributed by atoms with Gasteiger partial charge in [-0.15, -0.1) is 0 Å². The van der Waals surface area contributed by atoms with Gasteiger partial charge in [-0.3, -0.25) is 4.79 Å². The van der Waals surface area contributed by atoms with Gasteiger partial charge in [0.25, 0.3) is 5.91 Å². The van der Waals surface area contributed by atoms with Crippen molar-refractivity contribution in [1.29, 1.82) is 0 Å². The lowest BCUT2D eigenvalue weighted by molar-refractivity contribution is -0.121. The second-order valence-corrected chi connectivity index (χ2v) is 9.51. The largest absolute Gasteiger partial charge is 0.504 e. The van der Waals surface area contributed by atoms with Crippen LogP contribution in [0.3, 0.4) is 0 Å². The molecule has 0 aliphatic rings. The summed E-state index contributed by atoms with van der Waals surface area (Å²) in [5, 5.41) is 14.6. The molecule has 3 rings (SSSR count). The normalized spacial score (nSPS) is 11.6. The standard InChI is InChI=1S/C24H24ClN3O5S/c1-2-33-22-10-6-7-19(24(22)30)15-26-27-23(29)17-28(16-18-11-13-20(25)14-12-18)34(31,32)21-8-4-3-5-9-21/h3-15,30H,2,16-17H2,1H3,(H,27,29)/b26-15-. The van der Waals surface area contributed by atoms with Gasteiger partial charge in [0.15, 0.2) is 11.5 Å². The first-order valence-electron chi connectivity index (χ1n) is 10.4. The molecule has 0 saturated heterocycles. The number of hydrazone groups is 1. The Balaban J connectivity index is 1.76. The van der Waals surface area contributed by atoms with E-state index in [-0.39, 0.29) is 17.2 Å². The lowest BCUT2D eigenvalue weighted by Gasteiger charge is -2.21. The quantitative estimate of drug-likeness (QED) is 0.324. The average Bonchev–Trinajstić information content (AvgIpc) is 2.83. The van der Waals surface area contributed by atoms with E-state index in [9.17, 15) is 18.3 Å². The third-order valence-electron chi connectivity index (χ3n) is 4.70. The molecule has 0 bridgehead atoms. The van der Waals surface area contributed by atoms with Crippen molar-refractivity contribution in [2.24, 2.45) is 5.10 Å². The van der Waals surface area contributed by atoms with E-state index in [1.165, 1.54) is 18.3 Å². The summed E-state index contributed by atoms with van der Waals surface area (Å²) in [5.41, 5.74) is 3.31. The Labute approximate surface area is 203 Å². The maximum atomic E-state index is 13.2. The number of ether oxygens (including phenoxy) is 1. The number of nitrogens with one attached hydrogen (secondary N) is 1. The van der Waals surface area contributed by atoms with Gasteiger partial charge in [0.1, 0.15) is 0 Å². The molecule has 34 heavy (non-hydrogen) atoms.